The van der Waals surface area contributed by atoms with Crippen LogP contribution in [0.25, 0.3) is 0 Å². The highest BCUT2D eigenvalue weighted by atomic mass is 35.5. The first-order chi connectivity index (χ1) is 9.06. The summed E-state index contributed by atoms with van der Waals surface area (Å²) < 4.78 is 0. The van der Waals surface area contributed by atoms with Gasteiger partial charge >= 0.3 is 0 Å². The van der Waals surface area contributed by atoms with E-state index in [-0.39, 0.29) is 30.2 Å². The number of carbonyl (C=O) groups excluding carboxylic acids is 1. The Balaban J connectivity index is 0.00000200. The predicted molar refractivity (Wildman–Crippen MR) is 78.9 cm³/mol. The molecule has 1 aromatic rings. The van der Waals surface area contributed by atoms with Gasteiger partial charge in [-0.1, -0.05) is 12.1 Å². The highest BCUT2D eigenvalue weighted by Gasteiger charge is 2.25. The van der Waals surface area contributed by atoms with E-state index in [9.17, 15) is 15.0 Å². The minimum absolute atomic E-state index is 0. The fourth-order valence-corrected chi connectivity index (χ4v) is 2.29. The van der Waals surface area contributed by atoms with Crippen LogP contribution in [0.1, 0.15) is 18.4 Å². The molecule has 1 aliphatic rings. The number of aliphatic hydroxyl groups is 1. The van der Waals surface area contributed by atoms with E-state index < -0.39 is 6.04 Å². The lowest BCUT2D eigenvalue weighted by Crippen LogP contribution is -2.48. The average molecular weight is 301 g/mol. The van der Waals surface area contributed by atoms with Crippen LogP contribution >= 0.6 is 12.4 Å². The van der Waals surface area contributed by atoms with Gasteiger partial charge in [0.25, 0.3) is 0 Å². The summed E-state index contributed by atoms with van der Waals surface area (Å²) in [4.78, 5) is 13.9. The van der Waals surface area contributed by atoms with Crippen LogP contribution in [0.5, 0.6) is 5.75 Å². The third kappa shape index (κ3) is 4.37. The average Bonchev–Trinajstić information content (AvgIpc) is 2.41. The normalized spacial score (nSPS) is 17.4. The SMILES string of the molecule is Cl.N[C@@H](Cc1ccc(O)cc1)C(=O)N1CCC(O)CC1. The van der Waals surface area contributed by atoms with Crippen molar-refractivity contribution >= 4 is 18.3 Å². The zero-order valence-corrected chi connectivity index (χ0v) is 12.1. The van der Waals surface area contributed by atoms with Gasteiger partial charge in [-0.15, -0.1) is 12.4 Å². The third-order valence-corrected chi connectivity index (χ3v) is 3.49. The maximum Gasteiger partial charge on any atom is 0.239 e. The van der Waals surface area contributed by atoms with E-state index in [2.05, 4.69) is 0 Å². The lowest BCUT2D eigenvalue weighted by atomic mass is 10.0. The molecule has 0 aromatic heterocycles. The van der Waals surface area contributed by atoms with Crippen molar-refractivity contribution in [3.8, 4) is 5.75 Å². The Morgan fingerprint density at radius 3 is 2.40 bits per heavy atom. The van der Waals surface area contributed by atoms with Crippen LogP contribution in [0.3, 0.4) is 0 Å². The topological polar surface area (TPSA) is 86.8 Å². The maximum atomic E-state index is 12.1. The van der Waals surface area contributed by atoms with Crippen molar-refractivity contribution in [3.63, 3.8) is 0 Å². The van der Waals surface area contributed by atoms with Crippen molar-refractivity contribution in [1.82, 2.24) is 4.90 Å². The van der Waals surface area contributed by atoms with E-state index in [4.69, 9.17) is 5.73 Å². The first kappa shape index (κ1) is 16.8. The zero-order chi connectivity index (χ0) is 13.8. The molecule has 0 saturated carbocycles. The van der Waals surface area contributed by atoms with Crippen molar-refractivity contribution in [3.05, 3.63) is 29.8 Å². The Hall–Kier alpha value is -1.30. The van der Waals surface area contributed by atoms with Crippen LogP contribution in [-0.2, 0) is 11.2 Å². The number of piperidine rings is 1. The van der Waals surface area contributed by atoms with E-state index in [0.717, 1.165) is 5.56 Å². The standard InChI is InChI=1S/C14H20N2O3.ClH/c15-13(9-10-1-3-11(17)4-2-10)14(19)16-7-5-12(18)6-8-16;/h1-4,12-13,17-18H,5-9,15H2;1H/t13-;/m0./s1. The summed E-state index contributed by atoms with van der Waals surface area (Å²) in [6, 6.07) is 6.14. The molecule has 1 aromatic carbocycles. The second kappa shape index (κ2) is 7.47. The number of phenols is 1. The Bertz CT molecular complexity index is 431. The lowest BCUT2D eigenvalue weighted by molar-refractivity contribution is -0.134. The number of carbonyl (C=O) groups is 1. The van der Waals surface area contributed by atoms with Gasteiger partial charge in [-0.3, -0.25) is 4.79 Å². The monoisotopic (exact) mass is 300 g/mol. The minimum Gasteiger partial charge on any atom is -0.508 e. The molecular formula is C14H21ClN2O3. The van der Waals surface area contributed by atoms with Crippen LogP contribution in [0.2, 0.25) is 0 Å². The second-order valence-corrected chi connectivity index (χ2v) is 5.03. The van der Waals surface area contributed by atoms with E-state index in [1.807, 2.05) is 0 Å². The molecule has 1 heterocycles. The molecular weight excluding hydrogens is 280 g/mol. The zero-order valence-electron chi connectivity index (χ0n) is 11.2. The van der Waals surface area contributed by atoms with Crippen LogP contribution < -0.4 is 5.73 Å². The molecule has 0 bridgehead atoms. The van der Waals surface area contributed by atoms with Crippen molar-refractivity contribution in [2.24, 2.45) is 5.73 Å². The van der Waals surface area contributed by atoms with Gasteiger partial charge in [0.15, 0.2) is 0 Å². The number of amides is 1. The van der Waals surface area contributed by atoms with Crippen LogP contribution in [0.4, 0.5) is 0 Å². The van der Waals surface area contributed by atoms with E-state index in [1.165, 1.54) is 0 Å². The molecule has 0 spiro atoms. The molecule has 1 aliphatic heterocycles. The molecule has 4 N–H and O–H groups in total. The minimum atomic E-state index is -0.570. The molecule has 0 radical (unpaired) electrons. The second-order valence-electron chi connectivity index (χ2n) is 5.03. The largest absolute Gasteiger partial charge is 0.508 e. The van der Waals surface area contributed by atoms with Gasteiger partial charge in [0.1, 0.15) is 5.75 Å². The van der Waals surface area contributed by atoms with E-state index in [0.29, 0.717) is 32.4 Å². The number of hydrogen-bond acceptors (Lipinski definition) is 4. The van der Waals surface area contributed by atoms with Gasteiger partial charge in [0, 0.05) is 13.1 Å². The van der Waals surface area contributed by atoms with Crippen LogP contribution in [0, 0.1) is 0 Å². The molecule has 1 fully saturated rings. The number of likely N-dealkylation sites (tertiary alicyclic amines) is 1. The van der Waals surface area contributed by atoms with Crippen molar-refractivity contribution < 1.29 is 15.0 Å². The number of halogens is 1. The van der Waals surface area contributed by atoms with Gasteiger partial charge in [0.2, 0.25) is 5.91 Å². The summed E-state index contributed by atoms with van der Waals surface area (Å²) >= 11 is 0. The number of aromatic hydroxyl groups is 1. The Kier molecular flexibility index (Phi) is 6.26. The van der Waals surface area contributed by atoms with Gasteiger partial charge < -0.3 is 20.8 Å². The summed E-state index contributed by atoms with van der Waals surface area (Å²) in [5.74, 6) is 0.133. The molecule has 0 unspecified atom stereocenters. The third-order valence-electron chi connectivity index (χ3n) is 3.49. The van der Waals surface area contributed by atoms with Crippen LogP contribution in [0.15, 0.2) is 24.3 Å². The van der Waals surface area contributed by atoms with Gasteiger partial charge in [-0.2, -0.15) is 0 Å². The Morgan fingerprint density at radius 2 is 1.85 bits per heavy atom. The van der Waals surface area contributed by atoms with Crippen LogP contribution in [-0.4, -0.2) is 46.3 Å². The molecule has 112 valence electrons. The molecule has 1 saturated heterocycles. The number of phenolic OH excluding ortho intramolecular Hbond substituents is 1. The summed E-state index contributed by atoms with van der Waals surface area (Å²) in [5, 5.41) is 18.6. The molecule has 2 rings (SSSR count). The first-order valence-corrected chi connectivity index (χ1v) is 6.56. The summed E-state index contributed by atoms with van der Waals surface area (Å²) in [5.41, 5.74) is 6.86. The number of nitrogens with zero attached hydrogens (tertiary/aromatic N) is 1. The first-order valence-electron chi connectivity index (χ1n) is 6.56. The highest BCUT2D eigenvalue weighted by Crippen LogP contribution is 2.14. The molecule has 20 heavy (non-hydrogen) atoms. The smallest absolute Gasteiger partial charge is 0.239 e. The number of benzene rings is 1. The van der Waals surface area contributed by atoms with Crippen molar-refractivity contribution in [2.45, 2.75) is 31.4 Å². The Morgan fingerprint density at radius 1 is 1.30 bits per heavy atom. The maximum absolute atomic E-state index is 12.1. The Labute approximate surface area is 124 Å². The summed E-state index contributed by atoms with van der Waals surface area (Å²) in [6.45, 7) is 1.15. The summed E-state index contributed by atoms with van der Waals surface area (Å²) in [7, 11) is 0. The lowest BCUT2D eigenvalue weighted by Gasteiger charge is -2.31. The highest BCUT2D eigenvalue weighted by molar-refractivity contribution is 5.85. The molecule has 5 nitrogen and oxygen atoms in total. The van der Waals surface area contributed by atoms with E-state index in [1.54, 1.807) is 29.2 Å². The van der Waals surface area contributed by atoms with Gasteiger partial charge in [-0.25, -0.2) is 0 Å². The van der Waals surface area contributed by atoms with E-state index >= 15 is 0 Å². The summed E-state index contributed by atoms with van der Waals surface area (Å²) in [6.07, 6.45) is 1.41. The van der Waals surface area contributed by atoms with Gasteiger partial charge in [-0.05, 0) is 37.0 Å². The number of aliphatic hydroxyl groups excluding tert-OH is 1. The van der Waals surface area contributed by atoms with Crippen molar-refractivity contribution in [1.29, 1.82) is 0 Å². The number of rotatable bonds is 3. The fourth-order valence-electron chi connectivity index (χ4n) is 2.29. The number of hydrogen-bond donors (Lipinski definition) is 3. The molecule has 1 atom stereocenters. The predicted octanol–water partition coefficient (Wildman–Crippen LogP) is 0.667. The van der Waals surface area contributed by atoms with Gasteiger partial charge in [0.05, 0.1) is 12.1 Å². The molecule has 6 heteroatoms. The quantitative estimate of drug-likeness (QED) is 0.765. The number of nitrogens with two attached hydrogens (primary N) is 1. The molecule has 0 aliphatic carbocycles. The fraction of sp³-hybridized carbons (Fsp3) is 0.500. The molecule has 1 amide bonds. The van der Waals surface area contributed by atoms with Crippen molar-refractivity contribution in [2.75, 3.05) is 13.1 Å².